The first kappa shape index (κ1) is 22.1. The number of hydrogen-bond donors (Lipinski definition) is 1. The van der Waals surface area contributed by atoms with Crippen LogP contribution in [0.1, 0.15) is 43.0 Å². The summed E-state index contributed by atoms with van der Waals surface area (Å²) in [7, 11) is -3.78. The van der Waals surface area contributed by atoms with Crippen molar-refractivity contribution in [2.24, 2.45) is 17.8 Å². The number of amides is 1. The summed E-state index contributed by atoms with van der Waals surface area (Å²) in [6, 6.07) is 5.13. The fourth-order valence-corrected chi connectivity index (χ4v) is 7.99. The van der Waals surface area contributed by atoms with Gasteiger partial charge in [0, 0.05) is 23.4 Å². The minimum Gasteiger partial charge on any atom is -0.322 e. The molecule has 0 heterocycles. The van der Waals surface area contributed by atoms with Crippen molar-refractivity contribution >= 4 is 33.0 Å². The first-order valence-corrected chi connectivity index (χ1v) is 12.0. The quantitative estimate of drug-likeness (QED) is 0.590. The summed E-state index contributed by atoms with van der Waals surface area (Å²) in [4.78, 5) is 12.5. The monoisotopic (exact) mass is 471 g/mol. The second-order valence-corrected chi connectivity index (χ2v) is 11.0. The Hall–Kier alpha value is -2.06. The molecule has 1 amide bonds. The van der Waals surface area contributed by atoms with E-state index in [-0.39, 0.29) is 33.0 Å². The molecule has 2 bridgehead atoms. The zero-order valence-electron chi connectivity index (χ0n) is 16.7. The van der Waals surface area contributed by atoms with Crippen molar-refractivity contribution in [1.82, 2.24) is 0 Å². The van der Waals surface area contributed by atoms with Gasteiger partial charge >= 0.3 is 0 Å². The van der Waals surface area contributed by atoms with E-state index in [1.54, 1.807) is 0 Å². The predicted octanol–water partition coefficient (Wildman–Crippen LogP) is 5.61. The number of hydrogen-bond acceptors (Lipinski definition) is 3. The van der Waals surface area contributed by atoms with Crippen LogP contribution in [0.2, 0.25) is 5.02 Å². The molecule has 9 heteroatoms. The van der Waals surface area contributed by atoms with E-state index in [1.807, 2.05) is 0 Å². The molecule has 2 fully saturated rings. The summed E-state index contributed by atoms with van der Waals surface area (Å²) in [5.41, 5.74) is -0.329. The molecule has 0 saturated heterocycles. The second kappa shape index (κ2) is 8.13. The summed E-state index contributed by atoms with van der Waals surface area (Å²) in [6.07, 6.45) is 3.41. The summed E-state index contributed by atoms with van der Waals surface area (Å²) >= 11 is 6.22. The Morgan fingerprint density at radius 2 is 1.61 bits per heavy atom. The van der Waals surface area contributed by atoms with E-state index in [0.29, 0.717) is 18.1 Å². The van der Waals surface area contributed by atoms with E-state index in [2.05, 4.69) is 12.2 Å². The topological polar surface area (TPSA) is 63.2 Å². The van der Waals surface area contributed by atoms with E-state index in [4.69, 9.17) is 11.6 Å². The van der Waals surface area contributed by atoms with Crippen LogP contribution in [-0.4, -0.2) is 19.6 Å². The zero-order chi connectivity index (χ0) is 22.5. The van der Waals surface area contributed by atoms with Gasteiger partial charge in [0.2, 0.25) is 0 Å². The number of carbonyl (C=O) groups excluding carboxylic acids is 1. The molecule has 166 valence electrons. The summed E-state index contributed by atoms with van der Waals surface area (Å²) in [6.45, 7) is 2.13. The lowest BCUT2D eigenvalue weighted by Crippen LogP contribution is -2.37. The average Bonchev–Trinajstić information content (AvgIpc) is 2.99. The number of nitrogens with one attached hydrogen (secondary N) is 1. The van der Waals surface area contributed by atoms with Crippen molar-refractivity contribution in [2.45, 2.75) is 42.8 Å². The Morgan fingerprint density at radius 1 is 1.03 bits per heavy atom. The molecule has 1 N–H and O–H groups in total. The molecule has 2 aliphatic rings. The molecular formula is C22H21ClF3NO3S. The molecule has 0 aromatic heterocycles. The van der Waals surface area contributed by atoms with Gasteiger partial charge in [0.15, 0.2) is 27.3 Å². The number of fused-ring (bicyclic) bond motifs is 2. The predicted molar refractivity (Wildman–Crippen MR) is 111 cm³/mol. The third-order valence-corrected chi connectivity index (χ3v) is 9.23. The van der Waals surface area contributed by atoms with E-state index >= 15 is 0 Å². The molecule has 4 nitrogen and oxygen atoms in total. The lowest BCUT2D eigenvalue weighted by atomic mass is 9.82. The molecule has 0 spiro atoms. The van der Waals surface area contributed by atoms with Crippen molar-refractivity contribution < 1.29 is 26.4 Å². The van der Waals surface area contributed by atoms with Gasteiger partial charge in [0.05, 0.1) is 15.2 Å². The van der Waals surface area contributed by atoms with Gasteiger partial charge in [-0.05, 0) is 61.6 Å². The lowest BCUT2D eigenvalue weighted by Gasteiger charge is -2.33. The van der Waals surface area contributed by atoms with Crippen LogP contribution in [0, 0.1) is 35.2 Å². The SMILES string of the molecule is C[C@@H]1CC2CC[C@H](C1)C2S(=O)(=O)c1cc(C(=O)Nc2cc(F)c(F)c(F)c2)ccc1Cl. The highest BCUT2D eigenvalue weighted by molar-refractivity contribution is 7.92. The highest BCUT2D eigenvalue weighted by atomic mass is 35.5. The number of carbonyl (C=O) groups is 1. The van der Waals surface area contributed by atoms with Crippen LogP contribution in [0.3, 0.4) is 0 Å². The van der Waals surface area contributed by atoms with Gasteiger partial charge in [-0.3, -0.25) is 4.79 Å². The molecule has 2 saturated carbocycles. The maximum Gasteiger partial charge on any atom is 0.255 e. The van der Waals surface area contributed by atoms with Crippen LogP contribution in [0.4, 0.5) is 18.9 Å². The Labute approximate surface area is 183 Å². The number of rotatable bonds is 4. The maximum absolute atomic E-state index is 13.5. The Bertz CT molecular complexity index is 1120. The average molecular weight is 472 g/mol. The Balaban J connectivity index is 1.64. The number of halogens is 4. The Kier molecular flexibility index (Phi) is 5.81. The van der Waals surface area contributed by atoms with Crippen LogP contribution in [0.5, 0.6) is 0 Å². The molecule has 4 atom stereocenters. The molecular weight excluding hydrogens is 451 g/mol. The van der Waals surface area contributed by atoms with Crippen molar-refractivity contribution in [2.75, 3.05) is 5.32 Å². The van der Waals surface area contributed by atoms with E-state index < -0.39 is 38.4 Å². The molecule has 4 rings (SSSR count). The molecule has 2 aromatic carbocycles. The van der Waals surface area contributed by atoms with Crippen LogP contribution >= 0.6 is 11.6 Å². The maximum atomic E-state index is 13.5. The first-order chi connectivity index (χ1) is 14.6. The smallest absolute Gasteiger partial charge is 0.255 e. The number of sulfone groups is 1. The number of benzene rings is 2. The minimum atomic E-state index is -3.78. The standard InChI is InChI=1S/C22H21ClF3NO3S/c1-11-6-12-2-3-13(7-11)21(12)31(29,30)19-8-14(4-5-16(19)23)22(28)27-15-9-17(24)20(26)18(25)10-15/h4-5,8-13,21H,2-3,6-7H2,1H3,(H,27,28)/t11-,12+,13?,21?/m0/s1. The van der Waals surface area contributed by atoms with Crippen molar-refractivity contribution in [1.29, 1.82) is 0 Å². The van der Waals surface area contributed by atoms with Gasteiger partial charge in [0.1, 0.15) is 0 Å². The highest BCUT2D eigenvalue weighted by Gasteiger charge is 2.49. The molecule has 31 heavy (non-hydrogen) atoms. The summed E-state index contributed by atoms with van der Waals surface area (Å²) in [5.74, 6) is -4.72. The van der Waals surface area contributed by atoms with Gasteiger partial charge in [-0.15, -0.1) is 0 Å². The minimum absolute atomic E-state index is 0.0217. The van der Waals surface area contributed by atoms with Crippen molar-refractivity contribution in [3.05, 3.63) is 58.4 Å². The molecule has 0 radical (unpaired) electrons. The molecule has 2 aliphatic carbocycles. The fraction of sp³-hybridized carbons (Fsp3) is 0.409. The van der Waals surface area contributed by atoms with Gasteiger partial charge in [0.25, 0.3) is 5.91 Å². The van der Waals surface area contributed by atoms with Crippen molar-refractivity contribution in [3.8, 4) is 0 Å². The van der Waals surface area contributed by atoms with Gasteiger partial charge in [-0.1, -0.05) is 18.5 Å². The third-order valence-electron chi connectivity index (χ3n) is 6.35. The van der Waals surface area contributed by atoms with Crippen LogP contribution in [-0.2, 0) is 9.84 Å². The van der Waals surface area contributed by atoms with E-state index in [0.717, 1.165) is 25.7 Å². The zero-order valence-corrected chi connectivity index (χ0v) is 18.2. The van der Waals surface area contributed by atoms with Crippen molar-refractivity contribution in [3.63, 3.8) is 0 Å². The largest absolute Gasteiger partial charge is 0.322 e. The molecule has 0 aliphatic heterocycles. The van der Waals surface area contributed by atoms with E-state index in [9.17, 15) is 26.4 Å². The number of anilines is 1. The summed E-state index contributed by atoms with van der Waals surface area (Å²) in [5, 5.41) is 1.75. The highest BCUT2D eigenvalue weighted by Crippen LogP contribution is 2.50. The Morgan fingerprint density at radius 3 is 2.19 bits per heavy atom. The van der Waals surface area contributed by atoms with Crippen LogP contribution < -0.4 is 5.32 Å². The first-order valence-electron chi connectivity index (χ1n) is 10.1. The normalized spacial score (nSPS) is 25.5. The fourth-order valence-electron chi connectivity index (χ4n) is 5.12. The van der Waals surface area contributed by atoms with Crippen LogP contribution in [0.15, 0.2) is 35.2 Å². The van der Waals surface area contributed by atoms with Gasteiger partial charge < -0.3 is 5.32 Å². The van der Waals surface area contributed by atoms with Gasteiger partial charge in [-0.2, -0.15) is 0 Å². The third kappa shape index (κ3) is 4.07. The summed E-state index contributed by atoms with van der Waals surface area (Å²) < 4.78 is 66.9. The lowest BCUT2D eigenvalue weighted by molar-refractivity contribution is 0.102. The van der Waals surface area contributed by atoms with Crippen LogP contribution in [0.25, 0.3) is 0 Å². The second-order valence-electron chi connectivity index (χ2n) is 8.54. The van der Waals surface area contributed by atoms with Gasteiger partial charge in [-0.25, -0.2) is 21.6 Å². The molecule has 2 unspecified atom stereocenters. The van der Waals surface area contributed by atoms with E-state index in [1.165, 1.54) is 18.2 Å². The molecule has 2 aromatic rings.